The number of ether oxygens (including phenoxy) is 1. The van der Waals surface area contributed by atoms with Gasteiger partial charge in [0.25, 0.3) is 0 Å². The van der Waals surface area contributed by atoms with Crippen LogP contribution in [-0.2, 0) is 20.7 Å². The minimum absolute atomic E-state index is 0.0292. The highest BCUT2D eigenvalue weighted by molar-refractivity contribution is 5.78. The molecule has 0 saturated carbocycles. The summed E-state index contributed by atoms with van der Waals surface area (Å²) in [7, 11) is 2.97. The quantitative estimate of drug-likeness (QED) is 0.738. The SMILES string of the molecule is COC(=O)CCCN(C)C(=O)Cc1ccccc1F. The van der Waals surface area contributed by atoms with E-state index in [1.807, 2.05) is 0 Å². The molecule has 5 heteroatoms. The normalized spacial score (nSPS) is 10.1. The third-order valence-electron chi connectivity index (χ3n) is 2.83. The molecule has 0 spiro atoms. The molecule has 0 aliphatic rings. The van der Waals surface area contributed by atoms with Gasteiger partial charge in [0.1, 0.15) is 5.82 Å². The lowest BCUT2D eigenvalue weighted by Crippen LogP contribution is -2.29. The molecule has 19 heavy (non-hydrogen) atoms. The fourth-order valence-electron chi connectivity index (χ4n) is 1.63. The Morgan fingerprint density at radius 2 is 2.00 bits per heavy atom. The average molecular weight is 267 g/mol. The largest absolute Gasteiger partial charge is 0.469 e. The standard InChI is InChI=1S/C14H18FNO3/c1-16(9-5-8-14(18)19-2)13(17)10-11-6-3-4-7-12(11)15/h3-4,6-7H,5,8-10H2,1-2H3. The number of amides is 1. The lowest BCUT2D eigenvalue weighted by molar-refractivity contribution is -0.141. The third kappa shape index (κ3) is 5.07. The summed E-state index contributed by atoms with van der Waals surface area (Å²) in [5.41, 5.74) is 0.382. The van der Waals surface area contributed by atoms with Crippen molar-refractivity contribution in [2.45, 2.75) is 19.3 Å². The van der Waals surface area contributed by atoms with Gasteiger partial charge in [0.2, 0.25) is 5.91 Å². The Morgan fingerprint density at radius 1 is 1.32 bits per heavy atom. The number of rotatable bonds is 6. The molecule has 4 nitrogen and oxygen atoms in total. The molecule has 1 rings (SSSR count). The van der Waals surface area contributed by atoms with E-state index in [2.05, 4.69) is 4.74 Å². The fourth-order valence-corrected chi connectivity index (χ4v) is 1.63. The van der Waals surface area contributed by atoms with E-state index in [0.717, 1.165) is 0 Å². The summed E-state index contributed by atoms with van der Waals surface area (Å²) in [5, 5.41) is 0. The van der Waals surface area contributed by atoms with E-state index in [-0.39, 0.29) is 30.5 Å². The summed E-state index contributed by atoms with van der Waals surface area (Å²) in [4.78, 5) is 24.3. The molecule has 0 fully saturated rings. The summed E-state index contributed by atoms with van der Waals surface area (Å²) in [6, 6.07) is 6.21. The van der Waals surface area contributed by atoms with Crippen LogP contribution in [0.4, 0.5) is 4.39 Å². The maximum absolute atomic E-state index is 13.4. The zero-order valence-electron chi connectivity index (χ0n) is 11.2. The Morgan fingerprint density at radius 3 is 2.63 bits per heavy atom. The summed E-state index contributed by atoms with van der Waals surface area (Å²) < 4.78 is 17.9. The average Bonchev–Trinajstić information content (AvgIpc) is 2.40. The maximum Gasteiger partial charge on any atom is 0.305 e. The molecule has 0 radical (unpaired) electrons. The first-order chi connectivity index (χ1) is 9.04. The van der Waals surface area contributed by atoms with Crippen molar-refractivity contribution >= 4 is 11.9 Å². The van der Waals surface area contributed by atoms with E-state index in [9.17, 15) is 14.0 Å². The number of hydrogen-bond acceptors (Lipinski definition) is 3. The van der Waals surface area contributed by atoms with Crippen molar-refractivity contribution in [1.29, 1.82) is 0 Å². The molecule has 0 atom stereocenters. The van der Waals surface area contributed by atoms with Gasteiger partial charge in [0.15, 0.2) is 0 Å². The number of methoxy groups -OCH3 is 1. The molecule has 104 valence electrons. The number of halogens is 1. The van der Waals surface area contributed by atoms with Gasteiger partial charge in [-0.05, 0) is 18.1 Å². The highest BCUT2D eigenvalue weighted by Crippen LogP contribution is 2.08. The Labute approximate surface area is 112 Å². The Balaban J connectivity index is 2.41. The second-order valence-electron chi connectivity index (χ2n) is 4.26. The van der Waals surface area contributed by atoms with Crippen molar-refractivity contribution in [1.82, 2.24) is 4.90 Å². The predicted octanol–water partition coefficient (Wildman–Crippen LogP) is 1.78. The minimum atomic E-state index is -0.376. The first-order valence-corrected chi connectivity index (χ1v) is 6.08. The molecule has 1 amide bonds. The monoisotopic (exact) mass is 267 g/mol. The minimum Gasteiger partial charge on any atom is -0.469 e. The zero-order valence-corrected chi connectivity index (χ0v) is 11.2. The lowest BCUT2D eigenvalue weighted by atomic mass is 10.1. The van der Waals surface area contributed by atoms with Crippen LogP contribution in [0.15, 0.2) is 24.3 Å². The number of esters is 1. The molecule has 0 aliphatic carbocycles. The van der Waals surface area contributed by atoms with Gasteiger partial charge in [-0.1, -0.05) is 18.2 Å². The molecule has 1 aromatic carbocycles. The van der Waals surface area contributed by atoms with Gasteiger partial charge >= 0.3 is 5.97 Å². The maximum atomic E-state index is 13.4. The lowest BCUT2D eigenvalue weighted by Gasteiger charge is -2.17. The van der Waals surface area contributed by atoms with E-state index >= 15 is 0 Å². The van der Waals surface area contributed by atoms with Crippen molar-refractivity contribution in [3.05, 3.63) is 35.6 Å². The smallest absolute Gasteiger partial charge is 0.305 e. The second-order valence-corrected chi connectivity index (χ2v) is 4.26. The van der Waals surface area contributed by atoms with Gasteiger partial charge < -0.3 is 9.64 Å². The van der Waals surface area contributed by atoms with Crippen molar-refractivity contribution in [2.75, 3.05) is 20.7 Å². The van der Waals surface area contributed by atoms with Crippen LogP contribution >= 0.6 is 0 Å². The molecular formula is C14H18FNO3. The molecule has 0 heterocycles. The second kappa shape index (κ2) is 7.51. The van der Waals surface area contributed by atoms with Gasteiger partial charge in [-0.3, -0.25) is 9.59 Å². The van der Waals surface area contributed by atoms with Crippen molar-refractivity contribution < 1.29 is 18.7 Å². The Bertz CT molecular complexity index is 448. The molecule has 0 N–H and O–H groups in total. The van der Waals surface area contributed by atoms with Gasteiger partial charge in [-0.2, -0.15) is 0 Å². The molecule has 0 aliphatic heterocycles. The summed E-state index contributed by atoms with van der Waals surface area (Å²) in [5.74, 6) is -0.844. The van der Waals surface area contributed by atoms with Crippen LogP contribution < -0.4 is 0 Å². The van der Waals surface area contributed by atoms with Crippen molar-refractivity contribution in [3.63, 3.8) is 0 Å². The van der Waals surface area contributed by atoms with Gasteiger partial charge in [-0.25, -0.2) is 4.39 Å². The molecular weight excluding hydrogens is 249 g/mol. The van der Waals surface area contributed by atoms with Crippen LogP contribution in [-0.4, -0.2) is 37.5 Å². The van der Waals surface area contributed by atoms with E-state index in [4.69, 9.17) is 0 Å². The van der Waals surface area contributed by atoms with Crippen LogP contribution in [0, 0.1) is 5.82 Å². The van der Waals surface area contributed by atoms with Gasteiger partial charge in [-0.15, -0.1) is 0 Å². The number of likely N-dealkylation sites (N-methyl/N-ethyl adjacent to an activating group) is 1. The molecule has 1 aromatic rings. The number of carbonyl (C=O) groups excluding carboxylic acids is 2. The predicted molar refractivity (Wildman–Crippen MR) is 69.0 cm³/mol. The van der Waals surface area contributed by atoms with Crippen LogP contribution in [0.3, 0.4) is 0 Å². The Hall–Kier alpha value is -1.91. The first kappa shape index (κ1) is 15.1. The van der Waals surface area contributed by atoms with E-state index < -0.39 is 0 Å². The third-order valence-corrected chi connectivity index (χ3v) is 2.83. The Kier molecular flexibility index (Phi) is 5.99. The summed E-state index contributed by atoms with van der Waals surface area (Å²) >= 11 is 0. The molecule has 0 aromatic heterocycles. The van der Waals surface area contributed by atoms with Crippen LogP contribution in [0.2, 0.25) is 0 Å². The molecule has 0 bridgehead atoms. The van der Waals surface area contributed by atoms with E-state index in [0.29, 0.717) is 18.5 Å². The van der Waals surface area contributed by atoms with Crippen LogP contribution in [0.5, 0.6) is 0 Å². The summed E-state index contributed by atoms with van der Waals surface area (Å²) in [6.07, 6.45) is 0.835. The molecule has 0 unspecified atom stereocenters. The topological polar surface area (TPSA) is 46.6 Å². The summed E-state index contributed by atoms with van der Waals surface area (Å²) in [6.45, 7) is 0.447. The van der Waals surface area contributed by atoms with Crippen LogP contribution in [0.1, 0.15) is 18.4 Å². The van der Waals surface area contributed by atoms with Gasteiger partial charge in [0, 0.05) is 20.0 Å². The van der Waals surface area contributed by atoms with Crippen molar-refractivity contribution in [3.8, 4) is 0 Å². The van der Waals surface area contributed by atoms with E-state index in [1.54, 1.807) is 25.2 Å². The van der Waals surface area contributed by atoms with Crippen LogP contribution in [0.25, 0.3) is 0 Å². The van der Waals surface area contributed by atoms with E-state index in [1.165, 1.54) is 18.1 Å². The fraction of sp³-hybridized carbons (Fsp3) is 0.429. The van der Waals surface area contributed by atoms with Crippen molar-refractivity contribution in [2.24, 2.45) is 0 Å². The molecule has 0 saturated heterocycles. The highest BCUT2D eigenvalue weighted by atomic mass is 19.1. The number of carbonyl (C=O) groups is 2. The highest BCUT2D eigenvalue weighted by Gasteiger charge is 2.12. The number of nitrogens with zero attached hydrogens (tertiary/aromatic N) is 1. The number of hydrogen-bond donors (Lipinski definition) is 0. The first-order valence-electron chi connectivity index (χ1n) is 6.08. The number of benzene rings is 1. The van der Waals surface area contributed by atoms with Gasteiger partial charge in [0.05, 0.1) is 13.5 Å². The zero-order chi connectivity index (χ0) is 14.3.